The number of nitrogens with zero attached hydrogens (tertiary/aromatic N) is 1. The first kappa shape index (κ1) is 22.5. The number of carbonyl (C=O) groups is 3. The van der Waals surface area contributed by atoms with E-state index in [4.69, 9.17) is 16.3 Å². The number of ether oxygens (including phenoxy) is 1. The summed E-state index contributed by atoms with van der Waals surface area (Å²) in [6.07, 6.45) is 0. The van der Waals surface area contributed by atoms with Crippen LogP contribution in [0, 0.1) is 19.3 Å². The van der Waals surface area contributed by atoms with Crippen molar-refractivity contribution < 1.29 is 19.1 Å². The minimum absolute atomic E-state index is 0.0666. The van der Waals surface area contributed by atoms with Gasteiger partial charge in [0.2, 0.25) is 5.91 Å². The molecule has 0 unspecified atom stereocenters. The Labute approximate surface area is 164 Å². The van der Waals surface area contributed by atoms with Gasteiger partial charge in [-0.25, -0.2) is 4.79 Å². The molecule has 0 aliphatic heterocycles. The predicted octanol–water partition coefficient (Wildman–Crippen LogP) is 4.16. The summed E-state index contributed by atoms with van der Waals surface area (Å²) in [5.41, 5.74) is 1.53. The van der Waals surface area contributed by atoms with Gasteiger partial charge in [0.05, 0.1) is 18.6 Å². The third-order valence-electron chi connectivity index (χ3n) is 3.94. The normalized spacial score (nSPS) is 12.5. The van der Waals surface area contributed by atoms with Crippen LogP contribution in [-0.4, -0.2) is 35.9 Å². The minimum Gasteiger partial charge on any atom is -0.467 e. The van der Waals surface area contributed by atoms with E-state index in [1.807, 2.05) is 6.92 Å². The molecule has 0 saturated heterocycles. The zero-order valence-corrected chi connectivity index (χ0v) is 17.9. The molecule has 0 heterocycles. The van der Waals surface area contributed by atoms with Gasteiger partial charge >= 0.3 is 5.97 Å². The summed E-state index contributed by atoms with van der Waals surface area (Å²) in [7, 11) is 1.27. The molecule has 5 nitrogen and oxygen atoms in total. The Morgan fingerprint density at radius 2 is 1.81 bits per heavy atom. The zero-order chi connectivity index (χ0) is 20.2. The highest BCUT2D eigenvalue weighted by atomic mass is 35.5. The number of halogens is 1. The van der Waals surface area contributed by atoms with Crippen molar-refractivity contribution in [2.45, 2.75) is 47.6 Å². The van der Waals surface area contributed by atoms with Gasteiger partial charge in [0.1, 0.15) is 6.04 Å². The van der Waals surface area contributed by atoms with E-state index >= 15 is 0 Å². The fourth-order valence-electron chi connectivity index (χ4n) is 2.41. The van der Waals surface area contributed by atoms with Crippen molar-refractivity contribution in [3.8, 4) is 0 Å². The summed E-state index contributed by atoms with van der Waals surface area (Å²) >= 11 is 7.18. The molecule has 0 aliphatic carbocycles. The molecule has 1 aromatic carbocycles. The fraction of sp³-hybridized carbons (Fsp3) is 0.526. The van der Waals surface area contributed by atoms with E-state index in [0.717, 1.165) is 17.3 Å². The summed E-state index contributed by atoms with van der Waals surface area (Å²) in [6, 6.07) is 2.70. The van der Waals surface area contributed by atoms with Gasteiger partial charge in [0, 0.05) is 10.4 Å². The molecule has 1 atom stereocenters. The second-order valence-corrected chi connectivity index (χ2v) is 8.48. The molecule has 144 valence electrons. The van der Waals surface area contributed by atoms with Gasteiger partial charge in [-0.15, -0.1) is 0 Å². The largest absolute Gasteiger partial charge is 0.467 e. The number of esters is 1. The lowest BCUT2D eigenvalue weighted by atomic mass is 10.00. The predicted molar refractivity (Wildman–Crippen MR) is 107 cm³/mol. The lowest BCUT2D eigenvalue weighted by molar-refractivity contribution is -0.142. The monoisotopic (exact) mass is 399 g/mol. The molecule has 0 bridgehead atoms. The van der Waals surface area contributed by atoms with Crippen molar-refractivity contribution in [3.63, 3.8) is 0 Å². The summed E-state index contributed by atoms with van der Waals surface area (Å²) in [6.45, 7) is 10.6. The van der Waals surface area contributed by atoms with Crippen LogP contribution in [0.15, 0.2) is 12.1 Å². The fourth-order valence-corrected chi connectivity index (χ4v) is 3.38. The molecule has 7 heteroatoms. The molecule has 0 saturated carbocycles. The van der Waals surface area contributed by atoms with Crippen LogP contribution in [0.3, 0.4) is 0 Å². The number of amides is 1. The molecular formula is C19H26ClNO4S. The average Bonchev–Trinajstić information content (AvgIpc) is 2.57. The van der Waals surface area contributed by atoms with E-state index in [0.29, 0.717) is 16.3 Å². The van der Waals surface area contributed by atoms with Crippen LogP contribution < -0.4 is 4.90 Å². The second kappa shape index (κ2) is 8.91. The molecule has 1 amide bonds. The van der Waals surface area contributed by atoms with Gasteiger partial charge in [0.15, 0.2) is 5.12 Å². The van der Waals surface area contributed by atoms with Gasteiger partial charge in [-0.2, -0.15) is 0 Å². The highest BCUT2D eigenvalue weighted by Gasteiger charge is 2.32. The topological polar surface area (TPSA) is 63.7 Å². The Bertz CT molecular complexity index is 712. The lowest BCUT2D eigenvalue weighted by Crippen LogP contribution is -2.46. The Balaban J connectivity index is 3.27. The maximum Gasteiger partial charge on any atom is 0.328 e. The standard InChI is InChI=1S/C19H26ClNO4S/c1-11-8-9-14(20)12(2)16(11)21(13(3)17(23)25-7)15(22)10-26-18(24)19(4,5)6/h8-9,13H,10H2,1-7H3/t13-/m0/s1. The van der Waals surface area contributed by atoms with E-state index < -0.39 is 17.4 Å². The number of anilines is 1. The van der Waals surface area contributed by atoms with Crippen molar-refractivity contribution in [3.05, 3.63) is 28.3 Å². The van der Waals surface area contributed by atoms with Gasteiger partial charge in [0.25, 0.3) is 0 Å². The summed E-state index contributed by atoms with van der Waals surface area (Å²) in [5, 5.41) is 0.412. The van der Waals surface area contributed by atoms with Crippen LogP contribution in [0.5, 0.6) is 0 Å². The molecule has 0 aliphatic rings. The molecule has 0 radical (unpaired) electrons. The second-order valence-electron chi connectivity index (χ2n) is 7.13. The Morgan fingerprint density at radius 3 is 2.31 bits per heavy atom. The van der Waals surface area contributed by atoms with Crippen molar-refractivity contribution in [2.24, 2.45) is 5.41 Å². The molecule has 0 spiro atoms. The SMILES string of the molecule is COC(=O)[C@H](C)N(C(=O)CSC(=O)C(C)(C)C)c1c(C)ccc(Cl)c1C. The van der Waals surface area contributed by atoms with Crippen molar-refractivity contribution in [1.29, 1.82) is 0 Å². The van der Waals surface area contributed by atoms with E-state index in [-0.39, 0.29) is 16.8 Å². The Kier molecular flexibility index (Phi) is 7.71. The number of methoxy groups -OCH3 is 1. The third kappa shape index (κ3) is 5.24. The van der Waals surface area contributed by atoms with Gasteiger partial charge in [-0.05, 0) is 38.0 Å². The molecule has 0 N–H and O–H groups in total. The highest BCUT2D eigenvalue weighted by Crippen LogP contribution is 2.33. The highest BCUT2D eigenvalue weighted by molar-refractivity contribution is 8.14. The smallest absolute Gasteiger partial charge is 0.328 e. The Hall–Kier alpha value is -1.53. The lowest BCUT2D eigenvalue weighted by Gasteiger charge is -2.31. The molecule has 0 fully saturated rings. The number of hydrogen-bond donors (Lipinski definition) is 0. The van der Waals surface area contributed by atoms with E-state index in [1.165, 1.54) is 12.0 Å². The first-order valence-electron chi connectivity index (χ1n) is 8.24. The maximum atomic E-state index is 13.0. The van der Waals surface area contributed by atoms with Crippen LogP contribution in [0.25, 0.3) is 0 Å². The van der Waals surface area contributed by atoms with Crippen LogP contribution in [0.1, 0.15) is 38.8 Å². The van der Waals surface area contributed by atoms with E-state index in [2.05, 4.69) is 0 Å². The zero-order valence-electron chi connectivity index (χ0n) is 16.3. The number of aryl methyl sites for hydroxylation is 1. The van der Waals surface area contributed by atoms with Crippen molar-refractivity contribution in [2.75, 3.05) is 17.8 Å². The van der Waals surface area contributed by atoms with Gasteiger partial charge < -0.3 is 4.74 Å². The molecule has 26 heavy (non-hydrogen) atoms. The summed E-state index contributed by atoms with van der Waals surface area (Å²) in [4.78, 5) is 38.6. The minimum atomic E-state index is -0.839. The number of hydrogen-bond acceptors (Lipinski definition) is 5. The number of benzene rings is 1. The summed E-state index contributed by atoms with van der Waals surface area (Å²) < 4.78 is 4.81. The molecule has 0 aromatic heterocycles. The Morgan fingerprint density at radius 1 is 1.23 bits per heavy atom. The van der Waals surface area contributed by atoms with Crippen LogP contribution >= 0.6 is 23.4 Å². The van der Waals surface area contributed by atoms with E-state index in [1.54, 1.807) is 46.8 Å². The van der Waals surface area contributed by atoms with Crippen LogP contribution in [-0.2, 0) is 19.1 Å². The van der Waals surface area contributed by atoms with Crippen LogP contribution in [0.4, 0.5) is 5.69 Å². The third-order valence-corrected chi connectivity index (χ3v) is 5.62. The molecular weight excluding hydrogens is 374 g/mol. The van der Waals surface area contributed by atoms with Gasteiger partial charge in [-0.3, -0.25) is 14.5 Å². The van der Waals surface area contributed by atoms with Crippen molar-refractivity contribution in [1.82, 2.24) is 0 Å². The molecule has 1 aromatic rings. The summed E-state index contributed by atoms with van der Waals surface area (Å²) in [5.74, 6) is -0.953. The van der Waals surface area contributed by atoms with Gasteiger partial charge in [-0.1, -0.05) is 50.2 Å². The van der Waals surface area contributed by atoms with E-state index in [9.17, 15) is 14.4 Å². The number of thioether (sulfide) groups is 1. The number of rotatable bonds is 5. The maximum absolute atomic E-state index is 13.0. The first-order chi connectivity index (χ1) is 11.9. The average molecular weight is 400 g/mol. The quantitative estimate of drug-likeness (QED) is 0.695. The molecule has 1 rings (SSSR count). The number of carbonyl (C=O) groups excluding carboxylic acids is 3. The van der Waals surface area contributed by atoms with Crippen molar-refractivity contribution >= 4 is 46.0 Å². The first-order valence-corrected chi connectivity index (χ1v) is 9.61. The van der Waals surface area contributed by atoms with Crippen LogP contribution in [0.2, 0.25) is 5.02 Å².